The Balaban J connectivity index is 3.06. The molecule has 0 spiro atoms. The highest BCUT2D eigenvalue weighted by Gasteiger charge is 2.14. The standard InChI is InChI=1S/C21H44O/c1-5-6-7-8-9-10-11-12-13-14-15-16-17-18-19-20-21(2,3)22-4/h5-20H2,1-4H3. The van der Waals surface area contributed by atoms with Crippen molar-refractivity contribution in [2.24, 2.45) is 0 Å². The van der Waals surface area contributed by atoms with Gasteiger partial charge in [0.2, 0.25) is 0 Å². The molecule has 1 nitrogen and oxygen atoms in total. The Labute approximate surface area is 141 Å². The zero-order chi connectivity index (χ0) is 16.5. The van der Waals surface area contributed by atoms with Gasteiger partial charge in [-0.3, -0.25) is 0 Å². The van der Waals surface area contributed by atoms with Gasteiger partial charge in [-0.05, 0) is 20.3 Å². The van der Waals surface area contributed by atoms with Crippen LogP contribution in [-0.2, 0) is 4.74 Å². The van der Waals surface area contributed by atoms with E-state index >= 15 is 0 Å². The first-order chi connectivity index (χ1) is 10.6. The summed E-state index contributed by atoms with van der Waals surface area (Å²) < 4.78 is 5.46. The molecule has 0 unspecified atom stereocenters. The maximum atomic E-state index is 5.46. The molecule has 0 aliphatic carbocycles. The van der Waals surface area contributed by atoms with Crippen molar-refractivity contribution in [1.29, 1.82) is 0 Å². The summed E-state index contributed by atoms with van der Waals surface area (Å²) in [5, 5.41) is 0. The fourth-order valence-corrected chi connectivity index (χ4v) is 3.02. The zero-order valence-corrected chi connectivity index (χ0v) is 16.2. The van der Waals surface area contributed by atoms with Crippen LogP contribution in [0.1, 0.15) is 124 Å². The van der Waals surface area contributed by atoms with Crippen molar-refractivity contribution in [3.05, 3.63) is 0 Å². The summed E-state index contributed by atoms with van der Waals surface area (Å²) in [7, 11) is 1.82. The molecule has 0 bridgehead atoms. The molecule has 0 N–H and O–H groups in total. The van der Waals surface area contributed by atoms with Crippen LogP contribution < -0.4 is 0 Å². The summed E-state index contributed by atoms with van der Waals surface area (Å²) in [6.07, 6.45) is 22.7. The topological polar surface area (TPSA) is 9.23 Å². The molecule has 0 atom stereocenters. The average Bonchev–Trinajstić information content (AvgIpc) is 2.51. The van der Waals surface area contributed by atoms with Gasteiger partial charge in [0.25, 0.3) is 0 Å². The van der Waals surface area contributed by atoms with Crippen molar-refractivity contribution in [2.75, 3.05) is 7.11 Å². The Bertz CT molecular complexity index is 210. The smallest absolute Gasteiger partial charge is 0.0622 e. The minimum atomic E-state index is 0.0799. The van der Waals surface area contributed by atoms with E-state index in [1.165, 1.54) is 103 Å². The van der Waals surface area contributed by atoms with Gasteiger partial charge in [-0.1, -0.05) is 103 Å². The van der Waals surface area contributed by atoms with E-state index in [4.69, 9.17) is 4.74 Å². The molecular weight excluding hydrogens is 268 g/mol. The lowest BCUT2D eigenvalue weighted by Gasteiger charge is -2.22. The lowest BCUT2D eigenvalue weighted by atomic mass is 9.99. The molecule has 1 heteroatoms. The lowest BCUT2D eigenvalue weighted by Crippen LogP contribution is -2.21. The first-order valence-corrected chi connectivity index (χ1v) is 10.2. The first kappa shape index (κ1) is 22.0. The van der Waals surface area contributed by atoms with E-state index in [9.17, 15) is 0 Å². The van der Waals surface area contributed by atoms with Crippen molar-refractivity contribution in [2.45, 2.75) is 129 Å². The van der Waals surface area contributed by atoms with Crippen molar-refractivity contribution >= 4 is 0 Å². The van der Waals surface area contributed by atoms with Gasteiger partial charge >= 0.3 is 0 Å². The molecule has 0 aromatic carbocycles. The predicted octanol–water partition coefficient (Wildman–Crippen LogP) is 7.67. The third-order valence-corrected chi connectivity index (χ3v) is 4.93. The molecule has 0 fully saturated rings. The fourth-order valence-electron chi connectivity index (χ4n) is 3.02. The molecular formula is C21H44O. The Hall–Kier alpha value is -0.0400. The fraction of sp³-hybridized carbons (Fsp3) is 1.00. The van der Waals surface area contributed by atoms with Crippen LogP contribution in [0.5, 0.6) is 0 Å². The van der Waals surface area contributed by atoms with Gasteiger partial charge in [0.15, 0.2) is 0 Å². The van der Waals surface area contributed by atoms with Crippen LogP contribution in [0, 0.1) is 0 Å². The van der Waals surface area contributed by atoms with Crippen molar-refractivity contribution in [3.8, 4) is 0 Å². The Morgan fingerprint density at radius 1 is 0.545 bits per heavy atom. The Morgan fingerprint density at radius 3 is 1.18 bits per heavy atom. The molecule has 0 radical (unpaired) electrons. The molecule has 0 aliphatic rings. The third kappa shape index (κ3) is 16.3. The molecule has 134 valence electrons. The van der Waals surface area contributed by atoms with Gasteiger partial charge in [0.05, 0.1) is 5.60 Å². The van der Waals surface area contributed by atoms with Crippen LogP contribution in [0.15, 0.2) is 0 Å². The van der Waals surface area contributed by atoms with Crippen molar-refractivity contribution < 1.29 is 4.74 Å². The number of ether oxygens (including phenoxy) is 1. The van der Waals surface area contributed by atoms with Crippen LogP contribution in [-0.4, -0.2) is 12.7 Å². The van der Waals surface area contributed by atoms with Crippen LogP contribution in [0.2, 0.25) is 0 Å². The van der Waals surface area contributed by atoms with E-state index in [1.807, 2.05) is 7.11 Å². The lowest BCUT2D eigenvalue weighted by molar-refractivity contribution is 0.0134. The summed E-state index contributed by atoms with van der Waals surface area (Å²) in [5.74, 6) is 0. The summed E-state index contributed by atoms with van der Waals surface area (Å²) in [6.45, 7) is 6.67. The van der Waals surface area contributed by atoms with Crippen LogP contribution in [0.4, 0.5) is 0 Å². The zero-order valence-electron chi connectivity index (χ0n) is 16.2. The van der Waals surface area contributed by atoms with Gasteiger partial charge in [-0.2, -0.15) is 0 Å². The normalized spacial score (nSPS) is 12.0. The molecule has 0 saturated carbocycles. The van der Waals surface area contributed by atoms with E-state index in [-0.39, 0.29) is 5.60 Å². The van der Waals surface area contributed by atoms with Crippen LogP contribution >= 0.6 is 0 Å². The molecule has 0 amide bonds. The molecule has 22 heavy (non-hydrogen) atoms. The van der Waals surface area contributed by atoms with Gasteiger partial charge in [-0.15, -0.1) is 0 Å². The SMILES string of the molecule is CCCCCCCCCCCCCCCCCC(C)(C)OC. The molecule has 0 aromatic heterocycles. The third-order valence-electron chi connectivity index (χ3n) is 4.93. The second-order valence-corrected chi connectivity index (χ2v) is 7.66. The van der Waals surface area contributed by atoms with Gasteiger partial charge in [0, 0.05) is 7.11 Å². The van der Waals surface area contributed by atoms with E-state index in [0.717, 1.165) is 0 Å². The van der Waals surface area contributed by atoms with Crippen LogP contribution in [0.3, 0.4) is 0 Å². The molecule has 0 heterocycles. The van der Waals surface area contributed by atoms with Crippen LogP contribution in [0.25, 0.3) is 0 Å². The maximum absolute atomic E-state index is 5.46. The summed E-state index contributed by atoms with van der Waals surface area (Å²) in [6, 6.07) is 0. The number of hydrogen-bond acceptors (Lipinski definition) is 1. The summed E-state index contributed by atoms with van der Waals surface area (Å²) >= 11 is 0. The maximum Gasteiger partial charge on any atom is 0.0622 e. The quantitative estimate of drug-likeness (QED) is 0.250. The predicted molar refractivity (Wildman–Crippen MR) is 101 cm³/mol. The highest BCUT2D eigenvalue weighted by Crippen LogP contribution is 2.18. The second kappa shape index (κ2) is 15.8. The highest BCUT2D eigenvalue weighted by molar-refractivity contribution is 4.67. The largest absolute Gasteiger partial charge is 0.379 e. The van der Waals surface area contributed by atoms with Crippen molar-refractivity contribution in [3.63, 3.8) is 0 Å². The summed E-state index contributed by atoms with van der Waals surface area (Å²) in [5.41, 5.74) is 0.0799. The number of methoxy groups -OCH3 is 1. The highest BCUT2D eigenvalue weighted by atomic mass is 16.5. The van der Waals surface area contributed by atoms with Gasteiger partial charge < -0.3 is 4.74 Å². The molecule has 0 saturated heterocycles. The van der Waals surface area contributed by atoms with E-state index in [0.29, 0.717) is 0 Å². The van der Waals surface area contributed by atoms with Gasteiger partial charge in [0.1, 0.15) is 0 Å². The summed E-state index contributed by atoms with van der Waals surface area (Å²) in [4.78, 5) is 0. The van der Waals surface area contributed by atoms with E-state index in [1.54, 1.807) is 0 Å². The minimum absolute atomic E-state index is 0.0799. The van der Waals surface area contributed by atoms with E-state index < -0.39 is 0 Å². The number of hydrogen-bond donors (Lipinski definition) is 0. The molecule has 0 aliphatic heterocycles. The number of unbranched alkanes of at least 4 members (excludes halogenated alkanes) is 14. The van der Waals surface area contributed by atoms with Gasteiger partial charge in [-0.25, -0.2) is 0 Å². The Morgan fingerprint density at radius 2 is 0.864 bits per heavy atom. The number of rotatable bonds is 17. The average molecular weight is 313 g/mol. The first-order valence-electron chi connectivity index (χ1n) is 10.2. The molecule has 0 aromatic rings. The van der Waals surface area contributed by atoms with Crippen molar-refractivity contribution in [1.82, 2.24) is 0 Å². The molecule has 0 rings (SSSR count). The Kier molecular flexibility index (Phi) is 15.8. The van der Waals surface area contributed by atoms with E-state index in [2.05, 4.69) is 20.8 Å². The minimum Gasteiger partial charge on any atom is -0.379 e. The second-order valence-electron chi connectivity index (χ2n) is 7.66. The monoisotopic (exact) mass is 312 g/mol.